The van der Waals surface area contributed by atoms with Crippen LogP contribution in [0.25, 0.3) is 0 Å². The van der Waals surface area contributed by atoms with Crippen molar-refractivity contribution in [3.8, 4) is 0 Å². The lowest BCUT2D eigenvalue weighted by Crippen LogP contribution is -2.63. The summed E-state index contributed by atoms with van der Waals surface area (Å²) in [6.07, 6.45) is 5.84. The molecule has 1 aliphatic heterocycles. The number of hydrogen-bond donors (Lipinski definition) is 2. The van der Waals surface area contributed by atoms with Crippen molar-refractivity contribution >= 4 is 11.6 Å². The standard InChI is InChI=1S/C25H34O6/c1-4-5-21-30-20-11-17-16-7-6-14-10-15(27)8-9-23(14,2)22(16)18(28)12-24(17,3)25(20,31-21)19(29)13-26/h6,8-9,16-18,20-22,26,28H,4-5,7,10-13H2,1-3H3/t16-,17-,18-,20+,21+,22+,23-,24-,25+/m0/s1/i21D. The van der Waals surface area contributed by atoms with Crippen molar-refractivity contribution in [3.05, 3.63) is 23.8 Å². The predicted molar refractivity (Wildman–Crippen MR) is 113 cm³/mol. The first kappa shape index (κ1) is 20.3. The second-order valence-electron chi connectivity index (χ2n) is 10.6. The van der Waals surface area contributed by atoms with Crippen LogP contribution in [0.1, 0.15) is 60.7 Å². The van der Waals surface area contributed by atoms with Crippen LogP contribution in [0.15, 0.2) is 23.8 Å². The summed E-state index contributed by atoms with van der Waals surface area (Å²) in [6.45, 7) is 5.35. The van der Waals surface area contributed by atoms with E-state index < -0.39 is 47.3 Å². The van der Waals surface area contributed by atoms with Crippen molar-refractivity contribution in [1.29, 1.82) is 0 Å². The van der Waals surface area contributed by atoms with E-state index in [0.29, 0.717) is 32.1 Å². The van der Waals surface area contributed by atoms with E-state index in [1.54, 1.807) is 6.08 Å². The largest absolute Gasteiger partial charge is 0.393 e. The highest BCUT2D eigenvalue weighted by Crippen LogP contribution is 2.69. The zero-order valence-corrected chi connectivity index (χ0v) is 18.6. The van der Waals surface area contributed by atoms with Gasteiger partial charge in [-0.05, 0) is 43.6 Å². The summed E-state index contributed by atoms with van der Waals surface area (Å²) >= 11 is 0. The van der Waals surface area contributed by atoms with Crippen molar-refractivity contribution in [2.24, 2.45) is 28.6 Å². The fourth-order valence-electron chi connectivity index (χ4n) is 7.87. The predicted octanol–water partition coefficient (Wildman–Crippen LogP) is 2.72. The number of aliphatic hydroxyl groups excluding tert-OH is 2. The first-order chi connectivity index (χ1) is 15.0. The van der Waals surface area contributed by atoms with Gasteiger partial charge < -0.3 is 19.7 Å². The third-order valence-corrected chi connectivity index (χ3v) is 9.18. The lowest BCUT2D eigenvalue weighted by Gasteiger charge is -2.59. The lowest BCUT2D eigenvalue weighted by atomic mass is 9.47. The molecule has 1 saturated heterocycles. The van der Waals surface area contributed by atoms with E-state index in [1.807, 2.05) is 19.9 Å². The average Bonchev–Trinajstić information content (AvgIpc) is 3.15. The monoisotopic (exact) mass is 431 g/mol. The van der Waals surface area contributed by atoms with Crippen LogP contribution in [0.2, 0.25) is 0 Å². The first-order valence-corrected chi connectivity index (χ1v) is 11.7. The van der Waals surface area contributed by atoms with Gasteiger partial charge in [0.15, 0.2) is 23.4 Å². The smallest absolute Gasteiger partial charge is 0.193 e. The molecule has 4 aliphatic carbocycles. The molecule has 0 radical (unpaired) electrons. The maximum atomic E-state index is 13.3. The zero-order valence-electron chi connectivity index (χ0n) is 19.6. The van der Waals surface area contributed by atoms with Crippen LogP contribution in [0.3, 0.4) is 0 Å². The van der Waals surface area contributed by atoms with Gasteiger partial charge in [0.05, 0.1) is 13.6 Å². The summed E-state index contributed by atoms with van der Waals surface area (Å²) in [5.74, 6) is -0.313. The minimum Gasteiger partial charge on any atom is -0.393 e. The van der Waals surface area contributed by atoms with Crippen LogP contribution in [-0.2, 0) is 19.1 Å². The van der Waals surface area contributed by atoms with Gasteiger partial charge in [-0.2, -0.15) is 0 Å². The Balaban J connectivity index is 1.58. The number of carbonyl (C=O) groups is 2. The Kier molecular flexibility index (Phi) is 4.63. The Hall–Kier alpha value is -1.34. The highest BCUT2D eigenvalue weighted by molar-refractivity contribution is 5.93. The molecule has 31 heavy (non-hydrogen) atoms. The molecular formula is C25H34O6. The van der Waals surface area contributed by atoms with Crippen molar-refractivity contribution in [1.82, 2.24) is 0 Å². The number of hydrogen-bond acceptors (Lipinski definition) is 6. The fraction of sp³-hybridized carbons (Fsp3) is 0.760. The summed E-state index contributed by atoms with van der Waals surface area (Å²) in [6, 6.07) is 0. The van der Waals surface area contributed by atoms with Crippen LogP contribution >= 0.6 is 0 Å². The summed E-state index contributed by atoms with van der Waals surface area (Å²) in [4.78, 5) is 25.3. The Morgan fingerprint density at radius 2 is 2.16 bits per heavy atom. The van der Waals surface area contributed by atoms with Crippen LogP contribution in [0, 0.1) is 28.6 Å². The van der Waals surface area contributed by atoms with Gasteiger partial charge in [-0.15, -0.1) is 0 Å². The number of carbonyl (C=O) groups excluding carboxylic acids is 2. The molecule has 0 bridgehead atoms. The van der Waals surface area contributed by atoms with E-state index >= 15 is 0 Å². The molecule has 0 spiro atoms. The van der Waals surface area contributed by atoms with Crippen LogP contribution in [0.4, 0.5) is 0 Å². The number of allylic oxidation sites excluding steroid dienone is 4. The molecule has 170 valence electrons. The van der Waals surface area contributed by atoms with E-state index in [0.717, 1.165) is 12.0 Å². The highest BCUT2D eigenvalue weighted by atomic mass is 16.7. The van der Waals surface area contributed by atoms with Gasteiger partial charge in [-0.25, -0.2) is 0 Å². The molecular weight excluding hydrogens is 396 g/mol. The maximum Gasteiger partial charge on any atom is 0.193 e. The second kappa shape index (κ2) is 7.08. The summed E-state index contributed by atoms with van der Waals surface area (Å²) in [5.41, 5.74) is -1.51. The second-order valence-corrected chi connectivity index (χ2v) is 10.6. The van der Waals surface area contributed by atoms with E-state index in [1.165, 1.54) is 0 Å². The molecule has 0 aromatic rings. The summed E-state index contributed by atoms with van der Waals surface area (Å²) in [7, 11) is 0. The molecule has 0 aromatic carbocycles. The summed E-state index contributed by atoms with van der Waals surface area (Å²) < 4.78 is 21.0. The number of Topliss-reactive ketones (excluding diaryl/α,β-unsaturated/α-hetero) is 1. The number of ketones is 2. The molecule has 5 rings (SSSR count). The van der Waals surface area contributed by atoms with Gasteiger partial charge in [-0.1, -0.05) is 44.9 Å². The third kappa shape index (κ3) is 2.65. The Bertz CT molecular complexity index is 914. The molecule has 2 N–H and O–H groups in total. The topological polar surface area (TPSA) is 93.1 Å². The van der Waals surface area contributed by atoms with Gasteiger partial charge in [0.1, 0.15) is 6.61 Å². The molecule has 6 heteroatoms. The van der Waals surface area contributed by atoms with Gasteiger partial charge >= 0.3 is 0 Å². The minimum atomic E-state index is -1.61. The fourth-order valence-corrected chi connectivity index (χ4v) is 7.87. The Labute approximate surface area is 185 Å². The quantitative estimate of drug-likeness (QED) is 0.665. The van der Waals surface area contributed by atoms with E-state index in [-0.39, 0.29) is 23.5 Å². The zero-order chi connectivity index (χ0) is 23.1. The Morgan fingerprint density at radius 3 is 2.87 bits per heavy atom. The Morgan fingerprint density at radius 1 is 1.39 bits per heavy atom. The molecule has 0 aromatic heterocycles. The number of aliphatic hydroxyl groups is 2. The lowest BCUT2D eigenvalue weighted by molar-refractivity contribution is -0.198. The van der Waals surface area contributed by atoms with Crippen molar-refractivity contribution in [2.45, 2.75) is 83.4 Å². The van der Waals surface area contributed by atoms with Crippen LogP contribution in [-0.4, -0.2) is 52.5 Å². The number of rotatable bonds is 4. The van der Waals surface area contributed by atoms with Gasteiger partial charge in [0.2, 0.25) is 0 Å². The van der Waals surface area contributed by atoms with Gasteiger partial charge in [0, 0.05) is 23.2 Å². The molecule has 2 saturated carbocycles. The maximum absolute atomic E-state index is 13.3. The molecule has 0 amide bonds. The van der Waals surface area contributed by atoms with Crippen LogP contribution < -0.4 is 0 Å². The highest BCUT2D eigenvalue weighted by Gasteiger charge is 2.75. The third-order valence-electron chi connectivity index (χ3n) is 9.18. The normalized spacial score (nSPS) is 53.2. The van der Waals surface area contributed by atoms with E-state index in [2.05, 4.69) is 13.0 Å². The van der Waals surface area contributed by atoms with Crippen molar-refractivity contribution in [3.63, 3.8) is 0 Å². The van der Waals surface area contributed by atoms with Gasteiger partial charge in [0.25, 0.3) is 0 Å². The number of ether oxygens (including phenoxy) is 2. The molecule has 3 fully saturated rings. The SMILES string of the molecule is [2H][C@@]1(CCC)O[C@@H]2C[C@H]3[C@@H]4CC=C5CC(=O)C=C[C@]5(C)[C@H]4[C@@H](O)C[C@]3(C)[C@]2(C(=O)CO)O1. The van der Waals surface area contributed by atoms with Crippen molar-refractivity contribution in [2.75, 3.05) is 6.61 Å². The average molecular weight is 432 g/mol. The van der Waals surface area contributed by atoms with E-state index in [4.69, 9.17) is 10.8 Å². The molecule has 5 aliphatic rings. The minimum absolute atomic E-state index is 0.0308. The summed E-state index contributed by atoms with van der Waals surface area (Å²) in [5, 5.41) is 21.4. The van der Waals surface area contributed by atoms with Crippen molar-refractivity contribution < 1.29 is 30.6 Å². The first-order valence-electron chi connectivity index (χ1n) is 12.2. The van der Waals surface area contributed by atoms with E-state index in [9.17, 15) is 19.8 Å². The molecule has 9 atom stereocenters. The number of fused-ring (bicyclic) bond motifs is 7. The molecule has 1 heterocycles. The van der Waals surface area contributed by atoms with Crippen LogP contribution in [0.5, 0.6) is 0 Å². The molecule has 0 unspecified atom stereocenters. The molecule has 6 nitrogen and oxygen atoms in total. The van der Waals surface area contributed by atoms with Gasteiger partial charge in [-0.3, -0.25) is 9.59 Å².